The number of benzene rings is 1. The number of carbonyl (C=O) groups excluding carboxylic acids is 2. The van der Waals surface area contributed by atoms with E-state index in [9.17, 15) is 14.9 Å². The molecule has 1 unspecified atom stereocenters. The molecule has 5 nitrogen and oxygen atoms in total. The average Bonchev–Trinajstić information content (AvgIpc) is 2.40. The smallest absolute Gasteiger partial charge is 0.408 e. The Balaban J connectivity index is 2.26. The SMILES string of the molecule is CC(C)(C)OC(=O)NC(c1ccccc1)C1(C#N)CC(=O)C1. The highest BCUT2D eigenvalue weighted by molar-refractivity contribution is 5.88. The lowest BCUT2D eigenvalue weighted by Crippen LogP contribution is -2.49. The van der Waals surface area contributed by atoms with Crippen LogP contribution < -0.4 is 5.32 Å². The first kappa shape index (κ1) is 16.0. The highest BCUT2D eigenvalue weighted by Gasteiger charge is 2.51. The number of nitrogens with one attached hydrogen (secondary N) is 1. The second-order valence-corrected chi connectivity index (χ2v) is 6.65. The Morgan fingerprint density at radius 2 is 1.91 bits per heavy atom. The maximum Gasteiger partial charge on any atom is 0.408 e. The standard InChI is InChI=1S/C17H20N2O3/c1-16(2,3)22-15(21)19-14(12-7-5-4-6-8-12)17(11-18)9-13(20)10-17/h4-8,14H,9-10H2,1-3H3,(H,19,21). The van der Waals surface area contributed by atoms with E-state index in [0.29, 0.717) is 0 Å². The van der Waals surface area contributed by atoms with Gasteiger partial charge in [-0.05, 0) is 26.3 Å². The van der Waals surface area contributed by atoms with E-state index in [0.717, 1.165) is 5.56 Å². The summed E-state index contributed by atoms with van der Waals surface area (Å²) in [5.41, 5.74) is -0.724. The molecule has 22 heavy (non-hydrogen) atoms. The number of ketones is 1. The van der Waals surface area contributed by atoms with E-state index < -0.39 is 23.2 Å². The minimum atomic E-state index is -0.894. The van der Waals surface area contributed by atoms with Crippen LogP contribution in [0.4, 0.5) is 4.79 Å². The van der Waals surface area contributed by atoms with E-state index in [2.05, 4.69) is 11.4 Å². The van der Waals surface area contributed by atoms with Gasteiger partial charge in [0.1, 0.15) is 11.4 Å². The summed E-state index contributed by atoms with van der Waals surface area (Å²) in [4.78, 5) is 23.5. The van der Waals surface area contributed by atoms with Gasteiger partial charge in [0.2, 0.25) is 0 Å². The monoisotopic (exact) mass is 300 g/mol. The van der Waals surface area contributed by atoms with Crippen LogP contribution in [0.25, 0.3) is 0 Å². The van der Waals surface area contributed by atoms with Crippen molar-refractivity contribution in [2.24, 2.45) is 5.41 Å². The van der Waals surface area contributed by atoms with Crippen molar-refractivity contribution in [2.75, 3.05) is 0 Å². The van der Waals surface area contributed by atoms with Crippen molar-refractivity contribution in [1.29, 1.82) is 5.26 Å². The van der Waals surface area contributed by atoms with Gasteiger partial charge in [-0.2, -0.15) is 5.26 Å². The third-order valence-electron chi connectivity index (χ3n) is 3.59. The van der Waals surface area contributed by atoms with Crippen LogP contribution in [0.5, 0.6) is 0 Å². The number of carbonyl (C=O) groups is 2. The molecule has 1 aliphatic carbocycles. The molecule has 0 aliphatic heterocycles. The van der Waals surface area contributed by atoms with E-state index >= 15 is 0 Å². The van der Waals surface area contributed by atoms with Crippen LogP contribution in [0.15, 0.2) is 30.3 Å². The molecule has 0 bridgehead atoms. The summed E-state index contributed by atoms with van der Waals surface area (Å²) in [5, 5.41) is 12.3. The molecular formula is C17H20N2O3. The van der Waals surface area contributed by atoms with Gasteiger partial charge in [-0.25, -0.2) is 4.79 Å². The summed E-state index contributed by atoms with van der Waals surface area (Å²) in [5.74, 6) is 0.0356. The molecule has 0 radical (unpaired) electrons. The number of hydrogen-bond acceptors (Lipinski definition) is 4. The highest BCUT2D eigenvalue weighted by atomic mass is 16.6. The van der Waals surface area contributed by atoms with Crippen molar-refractivity contribution >= 4 is 11.9 Å². The summed E-state index contributed by atoms with van der Waals surface area (Å²) in [6, 6.07) is 10.9. The largest absolute Gasteiger partial charge is 0.444 e. The van der Waals surface area contributed by atoms with Crippen molar-refractivity contribution in [3.05, 3.63) is 35.9 Å². The first-order chi connectivity index (χ1) is 10.3. The van der Waals surface area contributed by atoms with E-state index in [1.54, 1.807) is 20.8 Å². The molecule has 0 heterocycles. The highest BCUT2D eigenvalue weighted by Crippen LogP contribution is 2.47. The summed E-state index contributed by atoms with van der Waals surface area (Å²) in [6.45, 7) is 5.32. The van der Waals surface area contributed by atoms with E-state index in [-0.39, 0.29) is 18.6 Å². The predicted molar refractivity (Wildman–Crippen MR) is 80.8 cm³/mol. The fourth-order valence-electron chi connectivity index (χ4n) is 2.61. The van der Waals surface area contributed by atoms with Gasteiger partial charge in [-0.15, -0.1) is 0 Å². The number of ether oxygens (including phenoxy) is 1. The lowest BCUT2D eigenvalue weighted by molar-refractivity contribution is -0.131. The van der Waals surface area contributed by atoms with Gasteiger partial charge >= 0.3 is 6.09 Å². The molecule has 1 fully saturated rings. The number of alkyl carbamates (subject to hydrolysis) is 1. The molecule has 2 rings (SSSR count). The maximum absolute atomic E-state index is 12.1. The number of amides is 1. The number of hydrogen-bond donors (Lipinski definition) is 1. The van der Waals surface area contributed by atoms with E-state index in [1.165, 1.54) is 0 Å². The minimum absolute atomic E-state index is 0.0356. The summed E-state index contributed by atoms with van der Waals surface area (Å²) in [7, 11) is 0. The summed E-state index contributed by atoms with van der Waals surface area (Å²) in [6.07, 6.45) is -0.284. The minimum Gasteiger partial charge on any atom is -0.444 e. The Morgan fingerprint density at radius 3 is 2.36 bits per heavy atom. The van der Waals surface area contributed by atoms with Gasteiger partial charge in [0.05, 0.1) is 17.5 Å². The molecule has 1 aromatic rings. The Kier molecular flexibility index (Phi) is 4.23. The number of nitrogens with zero attached hydrogens (tertiary/aromatic N) is 1. The maximum atomic E-state index is 12.1. The predicted octanol–water partition coefficient (Wildman–Crippen LogP) is 3.13. The lowest BCUT2D eigenvalue weighted by Gasteiger charge is -2.41. The normalized spacial score (nSPS) is 17.8. The van der Waals surface area contributed by atoms with Crippen molar-refractivity contribution in [2.45, 2.75) is 45.3 Å². The molecule has 1 atom stereocenters. The molecule has 1 saturated carbocycles. The van der Waals surface area contributed by atoms with Crippen LogP contribution in [0.1, 0.15) is 45.2 Å². The number of Topliss-reactive ketones (excluding diaryl/α,β-unsaturated/α-hetero) is 1. The molecule has 1 N–H and O–H groups in total. The third-order valence-corrected chi connectivity index (χ3v) is 3.59. The zero-order valence-corrected chi connectivity index (χ0v) is 13.1. The fourth-order valence-corrected chi connectivity index (χ4v) is 2.61. The quantitative estimate of drug-likeness (QED) is 0.930. The first-order valence-electron chi connectivity index (χ1n) is 7.23. The topological polar surface area (TPSA) is 79.2 Å². The molecule has 1 aromatic carbocycles. The summed E-state index contributed by atoms with van der Waals surface area (Å²) < 4.78 is 5.28. The van der Waals surface area contributed by atoms with Crippen LogP contribution in [0.3, 0.4) is 0 Å². The van der Waals surface area contributed by atoms with Gasteiger partial charge in [0.25, 0.3) is 0 Å². The van der Waals surface area contributed by atoms with Gasteiger partial charge in [-0.3, -0.25) is 4.79 Å². The molecule has 1 aliphatic rings. The van der Waals surface area contributed by atoms with Crippen LogP contribution in [-0.4, -0.2) is 17.5 Å². The molecule has 0 spiro atoms. The zero-order valence-electron chi connectivity index (χ0n) is 13.1. The van der Waals surface area contributed by atoms with Crippen molar-refractivity contribution in [3.63, 3.8) is 0 Å². The molecule has 0 saturated heterocycles. The van der Waals surface area contributed by atoms with E-state index in [1.807, 2.05) is 30.3 Å². The second-order valence-electron chi connectivity index (χ2n) is 6.65. The zero-order chi connectivity index (χ0) is 16.4. The van der Waals surface area contributed by atoms with Crippen LogP contribution >= 0.6 is 0 Å². The van der Waals surface area contributed by atoms with Gasteiger partial charge in [0.15, 0.2) is 0 Å². The molecule has 116 valence electrons. The fraction of sp³-hybridized carbons (Fsp3) is 0.471. The first-order valence-corrected chi connectivity index (χ1v) is 7.23. The molecule has 0 aromatic heterocycles. The molecular weight excluding hydrogens is 280 g/mol. The Labute approximate surface area is 130 Å². The second kappa shape index (κ2) is 5.80. The number of rotatable bonds is 3. The van der Waals surface area contributed by atoms with Crippen LogP contribution in [0, 0.1) is 16.7 Å². The number of nitriles is 1. The van der Waals surface area contributed by atoms with Gasteiger partial charge in [-0.1, -0.05) is 30.3 Å². The Morgan fingerprint density at radius 1 is 1.32 bits per heavy atom. The van der Waals surface area contributed by atoms with Gasteiger partial charge in [0, 0.05) is 12.8 Å². The van der Waals surface area contributed by atoms with Crippen LogP contribution in [-0.2, 0) is 9.53 Å². The Bertz CT molecular complexity index is 603. The average molecular weight is 300 g/mol. The van der Waals surface area contributed by atoms with Gasteiger partial charge < -0.3 is 10.1 Å². The third kappa shape index (κ3) is 3.45. The van der Waals surface area contributed by atoms with Crippen LogP contribution in [0.2, 0.25) is 0 Å². The van der Waals surface area contributed by atoms with E-state index in [4.69, 9.17) is 4.74 Å². The Hall–Kier alpha value is -2.35. The molecule has 1 amide bonds. The van der Waals surface area contributed by atoms with Crippen molar-refractivity contribution < 1.29 is 14.3 Å². The van der Waals surface area contributed by atoms with Crippen molar-refractivity contribution in [1.82, 2.24) is 5.32 Å². The molecule has 5 heteroatoms. The summed E-state index contributed by atoms with van der Waals surface area (Å²) >= 11 is 0. The lowest BCUT2D eigenvalue weighted by atomic mass is 9.62. The van der Waals surface area contributed by atoms with Crippen molar-refractivity contribution in [3.8, 4) is 6.07 Å².